The first-order valence-corrected chi connectivity index (χ1v) is 7.66. The number of pyridine rings is 1. The van der Waals surface area contributed by atoms with Gasteiger partial charge < -0.3 is 14.8 Å². The third kappa shape index (κ3) is 4.63. The van der Waals surface area contributed by atoms with E-state index >= 15 is 0 Å². The van der Waals surface area contributed by atoms with Crippen LogP contribution in [-0.4, -0.2) is 36.0 Å². The molecule has 1 N–H and O–H groups in total. The Morgan fingerprint density at radius 2 is 1.88 bits per heavy atom. The Kier molecular flexibility index (Phi) is 6.22. The van der Waals surface area contributed by atoms with Gasteiger partial charge in [0.15, 0.2) is 6.10 Å². The Morgan fingerprint density at radius 1 is 1.12 bits per heavy atom. The number of hydrogen-bond acceptors (Lipinski definition) is 6. The predicted octanol–water partition coefficient (Wildman–Crippen LogP) is 2.44. The maximum Gasteiger partial charge on any atom is 0.340 e. The molecule has 0 spiro atoms. The number of methoxy groups -OCH3 is 1. The van der Waals surface area contributed by atoms with Crippen molar-refractivity contribution < 1.29 is 23.9 Å². The third-order valence-electron chi connectivity index (χ3n) is 3.40. The second-order valence-electron chi connectivity index (χ2n) is 5.07. The summed E-state index contributed by atoms with van der Waals surface area (Å²) in [5.41, 5.74) is 0.755. The highest BCUT2D eigenvalue weighted by Gasteiger charge is 2.23. The van der Waals surface area contributed by atoms with Crippen molar-refractivity contribution in [3.8, 4) is 0 Å². The lowest BCUT2D eigenvalue weighted by molar-refractivity contribution is -0.124. The maximum absolute atomic E-state index is 12.4. The molecule has 1 heterocycles. The molecule has 1 amide bonds. The minimum absolute atomic E-state index is 0.215. The van der Waals surface area contributed by atoms with Gasteiger partial charge in [0.25, 0.3) is 5.91 Å². The zero-order valence-electron chi connectivity index (χ0n) is 13.9. The van der Waals surface area contributed by atoms with Gasteiger partial charge in [-0.1, -0.05) is 19.1 Å². The third-order valence-corrected chi connectivity index (χ3v) is 3.40. The molecule has 1 atom stereocenters. The van der Waals surface area contributed by atoms with E-state index in [0.717, 1.165) is 0 Å². The van der Waals surface area contributed by atoms with E-state index < -0.39 is 23.9 Å². The first kappa shape index (κ1) is 18.1. The average Bonchev–Trinajstić information content (AvgIpc) is 2.66. The summed E-state index contributed by atoms with van der Waals surface area (Å²) < 4.78 is 9.92. The number of carbonyl (C=O) groups excluding carboxylic acids is 3. The summed E-state index contributed by atoms with van der Waals surface area (Å²) in [5, 5.41) is 2.60. The number of nitrogens with one attached hydrogen (secondary N) is 1. The minimum atomic E-state index is -1.00. The number of carbonyl (C=O) groups is 3. The molecule has 1 aromatic heterocycles. The van der Waals surface area contributed by atoms with E-state index in [2.05, 4.69) is 15.0 Å². The first-order chi connectivity index (χ1) is 12.1. The fourth-order valence-electron chi connectivity index (χ4n) is 2.10. The Bertz CT molecular complexity index is 761. The molecule has 0 fully saturated rings. The lowest BCUT2D eigenvalue weighted by Crippen LogP contribution is -2.32. The summed E-state index contributed by atoms with van der Waals surface area (Å²) >= 11 is 0. The van der Waals surface area contributed by atoms with Crippen LogP contribution >= 0.6 is 0 Å². The van der Waals surface area contributed by atoms with Crippen LogP contribution in [-0.2, 0) is 14.3 Å². The molecular weight excluding hydrogens is 324 g/mol. The monoisotopic (exact) mass is 342 g/mol. The summed E-state index contributed by atoms with van der Waals surface area (Å²) in [7, 11) is 1.26. The summed E-state index contributed by atoms with van der Waals surface area (Å²) in [4.78, 5) is 40.1. The number of para-hydroxylation sites is 1. The number of amides is 1. The molecule has 2 rings (SSSR count). The van der Waals surface area contributed by atoms with E-state index in [4.69, 9.17) is 4.74 Å². The number of anilines is 1. The Hall–Kier alpha value is -3.22. The van der Waals surface area contributed by atoms with Crippen LogP contribution in [0, 0.1) is 0 Å². The Morgan fingerprint density at radius 3 is 2.52 bits per heavy atom. The number of rotatable bonds is 6. The fraction of sp³-hybridized carbons (Fsp3) is 0.222. The normalized spacial score (nSPS) is 11.3. The number of nitrogens with zero attached hydrogens (tertiary/aromatic N) is 1. The van der Waals surface area contributed by atoms with Crippen molar-refractivity contribution >= 4 is 23.5 Å². The van der Waals surface area contributed by atoms with Gasteiger partial charge in [0.05, 0.1) is 23.9 Å². The van der Waals surface area contributed by atoms with E-state index in [9.17, 15) is 14.4 Å². The first-order valence-electron chi connectivity index (χ1n) is 7.66. The molecule has 0 radical (unpaired) electrons. The Balaban J connectivity index is 2.11. The number of benzene rings is 1. The van der Waals surface area contributed by atoms with Crippen LogP contribution in [0.5, 0.6) is 0 Å². The van der Waals surface area contributed by atoms with Crippen molar-refractivity contribution in [2.45, 2.75) is 19.4 Å². The number of esters is 2. The summed E-state index contributed by atoms with van der Waals surface area (Å²) in [6.07, 6.45) is 2.17. The summed E-state index contributed by atoms with van der Waals surface area (Å²) in [5.74, 6) is -1.75. The molecule has 130 valence electrons. The van der Waals surface area contributed by atoms with E-state index in [1.165, 1.54) is 25.6 Å². The van der Waals surface area contributed by atoms with Crippen LogP contribution in [0.15, 0.2) is 48.8 Å². The summed E-state index contributed by atoms with van der Waals surface area (Å²) in [6, 6.07) is 9.58. The SMILES string of the molecule is CCC(OC(=O)c1cccnc1)C(=O)Nc1ccccc1C(=O)OC. The molecule has 1 aromatic carbocycles. The van der Waals surface area contributed by atoms with Gasteiger partial charge in [-0.15, -0.1) is 0 Å². The van der Waals surface area contributed by atoms with Gasteiger partial charge in [-0.05, 0) is 30.7 Å². The molecule has 7 nitrogen and oxygen atoms in total. The second-order valence-corrected chi connectivity index (χ2v) is 5.07. The minimum Gasteiger partial charge on any atom is -0.465 e. The fourth-order valence-corrected chi connectivity index (χ4v) is 2.10. The average molecular weight is 342 g/mol. The molecule has 0 saturated heterocycles. The molecule has 7 heteroatoms. The van der Waals surface area contributed by atoms with Gasteiger partial charge in [0, 0.05) is 12.4 Å². The van der Waals surface area contributed by atoms with Crippen LogP contribution in [0.1, 0.15) is 34.1 Å². The molecule has 2 aromatic rings. The van der Waals surface area contributed by atoms with Crippen LogP contribution < -0.4 is 5.32 Å². The van der Waals surface area contributed by atoms with Crippen molar-refractivity contribution in [2.24, 2.45) is 0 Å². The highest BCUT2D eigenvalue weighted by molar-refractivity contribution is 6.03. The zero-order chi connectivity index (χ0) is 18.2. The van der Waals surface area contributed by atoms with Gasteiger partial charge in [-0.25, -0.2) is 9.59 Å². The number of ether oxygens (including phenoxy) is 2. The van der Waals surface area contributed by atoms with Crippen molar-refractivity contribution in [3.05, 3.63) is 59.9 Å². The molecule has 0 bridgehead atoms. The van der Waals surface area contributed by atoms with Crippen molar-refractivity contribution in [1.82, 2.24) is 4.98 Å². The van der Waals surface area contributed by atoms with Crippen molar-refractivity contribution in [2.75, 3.05) is 12.4 Å². The van der Waals surface area contributed by atoms with Gasteiger partial charge in [0.2, 0.25) is 0 Å². The van der Waals surface area contributed by atoms with Gasteiger partial charge in [-0.2, -0.15) is 0 Å². The van der Waals surface area contributed by atoms with Gasteiger partial charge >= 0.3 is 11.9 Å². The van der Waals surface area contributed by atoms with E-state index in [-0.39, 0.29) is 23.2 Å². The summed E-state index contributed by atoms with van der Waals surface area (Å²) in [6.45, 7) is 1.72. The second kappa shape index (κ2) is 8.58. The van der Waals surface area contributed by atoms with Crippen LogP contribution in [0.25, 0.3) is 0 Å². The number of aromatic nitrogens is 1. The standard InChI is InChI=1S/C18H18N2O5/c1-3-15(25-17(22)12-7-6-10-19-11-12)16(21)20-14-9-5-4-8-13(14)18(23)24-2/h4-11,15H,3H2,1-2H3,(H,20,21). The van der Waals surface area contributed by atoms with E-state index in [1.807, 2.05) is 0 Å². The zero-order valence-corrected chi connectivity index (χ0v) is 13.9. The molecule has 0 aliphatic heterocycles. The molecule has 25 heavy (non-hydrogen) atoms. The van der Waals surface area contributed by atoms with Gasteiger partial charge in [0.1, 0.15) is 0 Å². The highest BCUT2D eigenvalue weighted by Crippen LogP contribution is 2.17. The largest absolute Gasteiger partial charge is 0.465 e. The molecule has 1 unspecified atom stereocenters. The predicted molar refractivity (Wildman–Crippen MR) is 90.1 cm³/mol. The van der Waals surface area contributed by atoms with Crippen LogP contribution in [0.4, 0.5) is 5.69 Å². The van der Waals surface area contributed by atoms with Crippen molar-refractivity contribution in [3.63, 3.8) is 0 Å². The van der Waals surface area contributed by atoms with E-state index in [1.54, 1.807) is 37.3 Å². The van der Waals surface area contributed by atoms with Crippen molar-refractivity contribution in [1.29, 1.82) is 0 Å². The lowest BCUT2D eigenvalue weighted by Gasteiger charge is -2.17. The highest BCUT2D eigenvalue weighted by atomic mass is 16.5. The van der Waals surface area contributed by atoms with E-state index in [0.29, 0.717) is 0 Å². The lowest BCUT2D eigenvalue weighted by atomic mass is 10.1. The maximum atomic E-state index is 12.4. The quantitative estimate of drug-likeness (QED) is 0.810. The molecule has 0 aliphatic rings. The van der Waals surface area contributed by atoms with Crippen LogP contribution in [0.2, 0.25) is 0 Å². The molecular formula is C18H18N2O5. The van der Waals surface area contributed by atoms with Gasteiger partial charge in [-0.3, -0.25) is 9.78 Å². The molecule has 0 saturated carbocycles. The smallest absolute Gasteiger partial charge is 0.340 e. The van der Waals surface area contributed by atoms with Crippen LogP contribution in [0.3, 0.4) is 0 Å². The Labute approximate surface area is 145 Å². The topological polar surface area (TPSA) is 94.6 Å². The number of hydrogen-bond donors (Lipinski definition) is 1. The molecule has 0 aliphatic carbocycles.